The smallest absolute Gasteiger partial charge is 0.122 e. The zero-order chi connectivity index (χ0) is 15.2. The van der Waals surface area contributed by atoms with Gasteiger partial charge in [-0.3, -0.25) is 4.90 Å². The van der Waals surface area contributed by atoms with Gasteiger partial charge in [-0.1, -0.05) is 6.58 Å². The quantitative estimate of drug-likeness (QED) is 0.625. The number of nitrogens with two attached hydrogens (primary N) is 1. The number of allylic oxidation sites excluding steroid dienone is 5. The molecule has 2 fully saturated rings. The summed E-state index contributed by atoms with van der Waals surface area (Å²) >= 11 is 0. The zero-order valence-electron chi connectivity index (χ0n) is 12.9. The minimum Gasteiger partial charge on any atom is -0.501 e. The first-order valence-electron chi connectivity index (χ1n) is 7.87. The molecule has 0 aromatic heterocycles. The fourth-order valence-corrected chi connectivity index (χ4v) is 3.47. The maximum atomic E-state index is 13.1. The fraction of sp³-hybridized carbons (Fsp3) is 0.647. The van der Waals surface area contributed by atoms with Gasteiger partial charge in [-0.2, -0.15) is 0 Å². The van der Waals surface area contributed by atoms with Crippen molar-refractivity contribution in [3.8, 4) is 0 Å². The number of halogens is 1. The van der Waals surface area contributed by atoms with Crippen LogP contribution in [0.25, 0.3) is 0 Å². The summed E-state index contributed by atoms with van der Waals surface area (Å²) in [6, 6.07) is 1.01. The number of likely N-dealkylation sites (tertiary alicyclic amines) is 1. The van der Waals surface area contributed by atoms with E-state index in [1.165, 1.54) is 25.0 Å². The predicted molar refractivity (Wildman–Crippen MR) is 84.4 cm³/mol. The summed E-state index contributed by atoms with van der Waals surface area (Å²) in [5, 5.41) is 0. The molecular formula is C17H27FN2O. The molecular weight excluding hydrogens is 267 g/mol. The van der Waals surface area contributed by atoms with E-state index in [0.29, 0.717) is 18.0 Å². The van der Waals surface area contributed by atoms with Crippen molar-refractivity contribution in [2.24, 2.45) is 11.7 Å². The Hall–Kier alpha value is -1.13. The van der Waals surface area contributed by atoms with Crippen LogP contribution in [0.5, 0.6) is 0 Å². The van der Waals surface area contributed by atoms with E-state index in [1.807, 2.05) is 0 Å². The van der Waals surface area contributed by atoms with Gasteiger partial charge in [-0.05, 0) is 50.3 Å². The molecule has 3 nitrogen and oxygen atoms in total. The van der Waals surface area contributed by atoms with Gasteiger partial charge in [0.25, 0.3) is 0 Å². The van der Waals surface area contributed by atoms with Crippen molar-refractivity contribution in [3.63, 3.8) is 0 Å². The van der Waals surface area contributed by atoms with Crippen molar-refractivity contribution in [2.45, 2.75) is 44.2 Å². The van der Waals surface area contributed by atoms with E-state index in [9.17, 15) is 4.39 Å². The molecule has 21 heavy (non-hydrogen) atoms. The van der Waals surface area contributed by atoms with Crippen molar-refractivity contribution < 1.29 is 9.13 Å². The number of rotatable bonds is 5. The second-order valence-corrected chi connectivity index (χ2v) is 6.08. The Kier molecular flexibility index (Phi) is 6.00. The third kappa shape index (κ3) is 4.42. The molecule has 1 aliphatic heterocycles. The zero-order valence-corrected chi connectivity index (χ0v) is 12.9. The van der Waals surface area contributed by atoms with Crippen LogP contribution in [0.15, 0.2) is 36.4 Å². The monoisotopic (exact) mass is 294 g/mol. The lowest BCUT2D eigenvalue weighted by Gasteiger charge is -2.35. The number of methoxy groups -OCH3 is 1. The second kappa shape index (κ2) is 7.76. The molecule has 0 radical (unpaired) electrons. The first-order chi connectivity index (χ1) is 10.1. The highest BCUT2D eigenvalue weighted by Gasteiger charge is 2.31. The number of ether oxygens (including phenoxy) is 1. The summed E-state index contributed by atoms with van der Waals surface area (Å²) in [5.74, 6) is 0.948. The van der Waals surface area contributed by atoms with Gasteiger partial charge in [0.2, 0.25) is 0 Å². The van der Waals surface area contributed by atoms with Crippen molar-refractivity contribution in [3.05, 3.63) is 36.4 Å². The van der Waals surface area contributed by atoms with Gasteiger partial charge in [0.05, 0.1) is 12.9 Å². The first-order valence-corrected chi connectivity index (χ1v) is 7.87. The first kappa shape index (κ1) is 16.2. The van der Waals surface area contributed by atoms with E-state index >= 15 is 0 Å². The summed E-state index contributed by atoms with van der Waals surface area (Å²) in [6.45, 7) is 5.58. The van der Waals surface area contributed by atoms with Crippen LogP contribution in [-0.4, -0.2) is 37.2 Å². The average Bonchev–Trinajstić information content (AvgIpc) is 2.94. The van der Waals surface area contributed by atoms with E-state index in [-0.39, 0.29) is 5.83 Å². The lowest BCUT2D eigenvalue weighted by molar-refractivity contribution is 0.144. The lowest BCUT2D eigenvalue weighted by Crippen LogP contribution is -2.38. The Bertz CT molecular complexity index is 411. The maximum absolute atomic E-state index is 13.1. The van der Waals surface area contributed by atoms with E-state index in [0.717, 1.165) is 38.1 Å². The molecule has 118 valence electrons. The molecule has 1 saturated heterocycles. The molecule has 2 N–H and O–H groups in total. The maximum Gasteiger partial charge on any atom is 0.122 e. The van der Waals surface area contributed by atoms with E-state index < -0.39 is 0 Å². The van der Waals surface area contributed by atoms with E-state index in [1.54, 1.807) is 13.2 Å². The molecule has 2 rings (SSSR count). The van der Waals surface area contributed by atoms with Gasteiger partial charge in [-0.15, -0.1) is 0 Å². The van der Waals surface area contributed by atoms with Crippen molar-refractivity contribution in [1.82, 2.24) is 4.90 Å². The number of hydrogen-bond donors (Lipinski definition) is 1. The van der Waals surface area contributed by atoms with E-state index in [4.69, 9.17) is 10.5 Å². The normalized spacial score (nSPS) is 32.2. The third-order valence-electron chi connectivity index (χ3n) is 4.71. The molecule has 0 bridgehead atoms. The van der Waals surface area contributed by atoms with Gasteiger partial charge in [0, 0.05) is 31.1 Å². The van der Waals surface area contributed by atoms with Crippen LogP contribution in [0.2, 0.25) is 0 Å². The Morgan fingerprint density at radius 3 is 2.48 bits per heavy atom. The molecule has 0 spiro atoms. The molecule has 1 aliphatic carbocycles. The van der Waals surface area contributed by atoms with Gasteiger partial charge in [0.15, 0.2) is 0 Å². The summed E-state index contributed by atoms with van der Waals surface area (Å²) in [7, 11) is 1.66. The topological polar surface area (TPSA) is 38.5 Å². The molecule has 1 atom stereocenters. The summed E-state index contributed by atoms with van der Waals surface area (Å²) < 4.78 is 18.6. The van der Waals surface area contributed by atoms with Gasteiger partial charge >= 0.3 is 0 Å². The standard InChI is InChI=1S/C17H27FN2O/c1-3-14(18)6-9-17(21-2)13-4-7-16(8-5-13)20-11-10-15(19)12-20/h3,6,9,13,15-16H,1,4-5,7-8,10-12,19H2,2H3/b14-6+,17-9+. The van der Waals surface area contributed by atoms with Crippen LogP contribution in [-0.2, 0) is 4.74 Å². The van der Waals surface area contributed by atoms with Crippen molar-refractivity contribution in [1.29, 1.82) is 0 Å². The van der Waals surface area contributed by atoms with Gasteiger partial charge in [0.1, 0.15) is 5.83 Å². The minimum absolute atomic E-state index is 0.329. The molecule has 2 aliphatic rings. The molecule has 1 heterocycles. The fourth-order valence-electron chi connectivity index (χ4n) is 3.47. The summed E-state index contributed by atoms with van der Waals surface area (Å²) in [4.78, 5) is 2.54. The highest BCUT2D eigenvalue weighted by Crippen LogP contribution is 2.33. The van der Waals surface area contributed by atoms with Crippen LogP contribution in [0.4, 0.5) is 4.39 Å². The molecule has 4 heteroatoms. The summed E-state index contributed by atoms with van der Waals surface area (Å²) in [6.07, 6.45) is 10.0. The summed E-state index contributed by atoms with van der Waals surface area (Å²) in [5.41, 5.74) is 5.99. The van der Waals surface area contributed by atoms with E-state index in [2.05, 4.69) is 11.5 Å². The third-order valence-corrected chi connectivity index (χ3v) is 4.71. The van der Waals surface area contributed by atoms with Crippen LogP contribution in [0.1, 0.15) is 32.1 Å². The minimum atomic E-state index is -0.329. The highest BCUT2D eigenvalue weighted by molar-refractivity contribution is 5.19. The van der Waals surface area contributed by atoms with Gasteiger partial charge in [-0.25, -0.2) is 4.39 Å². The SMILES string of the molecule is C=C/C(F)=C\C=C(\OC)C1CCC(N2CCC(N)C2)CC1. The highest BCUT2D eigenvalue weighted by atomic mass is 19.1. The average molecular weight is 294 g/mol. The molecule has 0 aromatic rings. The number of nitrogens with zero attached hydrogens (tertiary/aromatic N) is 1. The van der Waals surface area contributed by atoms with Crippen LogP contribution in [0.3, 0.4) is 0 Å². The molecule has 1 saturated carbocycles. The Labute approximate surface area is 127 Å². The predicted octanol–water partition coefficient (Wildman–Crippen LogP) is 3.15. The van der Waals surface area contributed by atoms with Crippen LogP contribution in [0, 0.1) is 5.92 Å². The number of hydrogen-bond acceptors (Lipinski definition) is 3. The Morgan fingerprint density at radius 1 is 1.24 bits per heavy atom. The van der Waals surface area contributed by atoms with Crippen LogP contribution < -0.4 is 5.73 Å². The van der Waals surface area contributed by atoms with Crippen LogP contribution >= 0.6 is 0 Å². The largest absolute Gasteiger partial charge is 0.501 e. The Morgan fingerprint density at radius 2 is 1.95 bits per heavy atom. The van der Waals surface area contributed by atoms with Gasteiger partial charge < -0.3 is 10.5 Å². The Balaban J connectivity index is 1.88. The molecule has 1 unspecified atom stereocenters. The molecule has 0 aromatic carbocycles. The van der Waals surface area contributed by atoms with Crippen molar-refractivity contribution in [2.75, 3.05) is 20.2 Å². The lowest BCUT2D eigenvalue weighted by atomic mass is 9.84. The van der Waals surface area contributed by atoms with Crippen molar-refractivity contribution >= 4 is 0 Å². The molecule has 0 amide bonds. The second-order valence-electron chi connectivity index (χ2n) is 6.08.